The molecule has 17 heavy (non-hydrogen) atoms. The second-order valence-electron chi connectivity index (χ2n) is 3.09. The van der Waals surface area contributed by atoms with E-state index in [4.69, 9.17) is 5.26 Å². The Bertz CT molecular complexity index is 480. The molecule has 0 amide bonds. The molecule has 1 rings (SSSR count). The van der Waals surface area contributed by atoms with Crippen molar-refractivity contribution in [2.24, 2.45) is 0 Å². The molecule has 0 heterocycles. The maximum absolute atomic E-state index is 12.1. The van der Waals surface area contributed by atoms with E-state index in [9.17, 15) is 13.6 Å². The van der Waals surface area contributed by atoms with Crippen LogP contribution in [0.2, 0.25) is 0 Å². The Labute approximate surface area is 96.4 Å². The summed E-state index contributed by atoms with van der Waals surface area (Å²) < 4.78 is 32.8. The van der Waals surface area contributed by atoms with E-state index in [1.54, 1.807) is 6.07 Å². The SMILES string of the molecule is COC(=O)c1ccc(OC(F)F)c(C#N)c1C. The first-order valence-electron chi connectivity index (χ1n) is 4.58. The molecule has 0 N–H and O–H groups in total. The lowest BCUT2D eigenvalue weighted by molar-refractivity contribution is -0.0500. The number of carbonyl (C=O) groups excluding carboxylic acids is 1. The van der Waals surface area contributed by atoms with Crippen LogP contribution in [0.3, 0.4) is 0 Å². The smallest absolute Gasteiger partial charge is 0.387 e. The minimum atomic E-state index is -3.02. The molecule has 0 spiro atoms. The minimum absolute atomic E-state index is 0.104. The van der Waals surface area contributed by atoms with Crippen LogP contribution in [0.25, 0.3) is 0 Å². The third kappa shape index (κ3) is 2.69. The Morgan fingerprint density at radius 1 is 1.47 bits per heavy atom. The van der Waals surface area contributed by atoms with Crippen molar-refractivity contribution in [3.05, 3.63) is 28.8 Å². The van der Waals surface area contributed by atoms with Gasteiger partial charge in [-0.15, -0.1) is 0 Å². The van der Waals surface area contributed by atoms with Gasteiger partial charge >= 0.3 is 12.6 Å². The highest BCUT2D eigenvalue weighted by molar-refractivity contribution is 5.92. The van der Waals surface area contributed by atoms with E-state index in [0.29, 0.717) is 0 Å². The summed E-state index contributed by atoms with van der Waals surface area (Å²) in [7, 11) is 1.19. The van der Waals surface area contributed by atoms with E-state index in [1.165, 1.54) is 20.1 Å². The molecule has 4 nitrogen and oxygen atoms in total. The van der Waals surface area contributed by atoms with Gasteiger partial charge in [0, 0.05) is 0 Å². The summed E-state index contributed by atoms with van der Waals surface area (Å²) in [5, 5.41) is 8.86. The fraction of sp³-hybridized carbons (Fsp3) is 0.273. The highest BCUT2D eigenvalue weighted by Crippen LogP contribution is 2.26. The molecule has 0 unspecified atom stereocenters. The summed E-state index contributed by atoms with van der Waals surface area (Å²) in [6.45, 7) is -1.56. The third-order valence-electron chi connectivity index (χ3n) is 2.16. The molecule has 0 atom stereocenters. The Balaban J connectivity index is 3.28. The van der Waals surface area contributed by atoms with Crippen LogP contribution in [0, 0.1) is 18.3 Å². The molecule has 6 heteroatoms. The zero-order chi connectivity index (χ0) is 13.0. The van der Waals surface area contributed by atoms with Gasteiger partial charge < -0.3 is 9.47 Å². The van der Waals surface area contributed by atoms with Gasteiger partial charge in [-0.05, 0) is 24.6 Å². The monoisotopic (exact) mass is 241 g/mol. The van der Waals surface area contributed by atoms with Crippen LogP contribution in [0.5, 0.6) is 5.75 Å². The Morgan fingerprint density at radius 3 is 2.59 bits per heavy atom. The summed E-state index contributed by atoms with van der Waals surface area (Å²) >= 11 is 0. The van der Waals surface area contributed by atoms with E-state index in [-0.39, 0.29) is 22.4 Å². The van der Waals surface area contributed by atoms with E-state index in [0.717, 1.165) is 6.07 Å². The number of hydrogen-bond donors (Lipinski definition) is 0. The summed E-state index contributed by atoms with van der Waals surface area (Å²) in [4.78, 5) is 11.3. The Hall–Kier alpha value is -2.16. The van der Waals surface area contributed by atoms with Crippen molar-refractivity contribution in [3.63, 3.8) is 0 Å². The first-order chi connectivity index (χ1) is 8.01. The van der Waals surface area contributed by atoms with E-state index < -0.39 is 12.6 Å². The number of esters is 1. The molecule has 0 radical (unpaired) electrons. The number of alkyl halides is 2. The van der Waals surface area contributed by atoms with Gasteiger partial charge in [0.05, 0.1) is 18.2 Å². The highest BCUT2D eigenvalue weighted by Gasteiger charge is 2.18. The Kier molecular flexibility index (Phi) is 3.99. The quantitative estimate of drug-likeness (QED) is 0.761. The van der Waals surface area contributed by atoms with Crippen LogP contribution < -0.4 is 4.74 Å². The lowest BCUT2D eigenvalue weighted by atomic mass is 10.0. The van der Waals surface area contributed by atoms with Gasteiger partial charge in [0.1, 0.15) is 11.8 Å². The van der Waals surface area contributed by atoms with Crippen molar-refractivity contribution in [1.82, 2.24) is 0 Å². The summed E-state index contributed by atoms with van der Waals surface area (Å²) in [5.41, 5.74) is 0.288. The number of hydrogen-bond acceptors (Lipinski definition) is 4. The number of ether oxygens (including phenoxy) is 2. The molecule has 0 aliphatic rings. The number of nitrogens with zero attached hydrogens (tertiary/aromatic N) is 1. The second-order valence-corrected chi connectivity index (χ2v) is 3.09. The molecule has 0 aliphatic heterocycles. The highest BCUT2D eigenvalue weighted by atomic mass is 19.3. The number of nitriles is 1. The summed E-state index contributed by atoms with van der Waals surface area (Å²) in [6.07, 6.45) is 0. The molecule has 0 aromatic heterocycles. The van der Waals surface area contributed by atoms with Gasteiger partial charge in [-0.2, -0.15) is 14.0 Å². The normalized spacial score (nSPS) is 9.88. The van der Waals surface area contributed by atoms with Crippen molar-refractivity contribution in [3.8, 4) is 11.8 Å². The molecular formula is C11H9F2NO3. The number of carbonyl (C=O) groups is 1. The molecule has 1 aromatic carbocycles. The number of methoxy groups -OCH3 is 1. The van der Waals surface area contributed by atoms with Gasteiger partial charge in [0.25, 0.3) is 0 Å². The Morgan fingerprint density at radius 2 is 2.12 bits per heavy atom. The van der Waals surface area contributed by atoms with Crippen LogP contribution in [-0.4, -0.2) is 19.7 Å². The molecular weight excluding hydrogens is 232 g/mol. The van der Waals surface area contributed by atoms with Crippen LogP contribution in [0.1, 0.15) is 21.5 Å². The largest absolute Gasteiger partial charge is 0.465 e. The second kappa shape index (κ2) is 5.25. The predicted octanol–water partition coefficient (Wildman–Crippen LogP) is 2.25. The number of benzene rings is 1. The maximum atomic E-state index is 12.1. The molecule has 0 aliphatic carbocycles. The maximum Gasteiger partial charge on any atom is 0.387 e. The minimum Gasteiger partial charge on any atom is -0.465 e. The first-order valence-corrected chi connectivity index (χ1v) is 4.58. The third-order valence-corrected chi connectivity index (χ3v) is 2.16. The number of halogens is 2. The average molecular weight is 241 g/mol. The molecule has 0 fully saturated rings. The van der Waals surface area contributed by atoms with Gasteiger partial charge in [0.2, 0.25) is 0 Å². The molecule has 90 valence electrons. The van der Waals surface area contributed by atoms with Crippen LogP contribution >= 0.6 is 0 Å². The molecule has 0 saturated heterocycles. The van der Waals surface area contributed by atoms with E-state index >= 15 is 0 Å². The van der Waals surface area contributed by atoms with Gasteiger partial charge in [0.15, 0.2) is 0 Å². The average Bonchev–Trinajstić information content (AvgIpc) is 2.28. The topological polar surface area (TPSA) is 59.3 Å². The van der Waals surface area contributed by atoms with Crippen molar-refractivity contribution >= 4 is 5.97 Å². The van der Waals surface area contributed by atoms with Crippen LogP contribution in [0.15, 0.2) is 12.1 Å². The van der Waals surface area contributed by atoms with Crippen molar-refractivity contribution in [1.29, 1.82) is 5.26 Å². The van der Waals surface area contributed by atoms with Crippen molar-refractivity contribution in [2.45, 2.75) is 13.5 Å². The van der Waals surface area contributed by atoms with Gasteiger partial charge in [-0.3, -0.25) is 0 Å². The van der Waals surface area contributed by atoms with Crippen molar-refractivity contribution < 1.29 is 23.0 Å². The van der Waals surface area contributed by atoms with Crippen LogP contribution in [-0.2, 0) is 4.74 Å². The van der Waals surface area contributed by atoms with E-state index in [2.05, 4.69) is 9.47 Å². The fourth-order valence-electron chi connectivity index (χ4n) is 1.35. The van der Waals surface area contributed by atoms with Gasteiger partial charge in [-0.1, -0.05) is 0 Å². The standard InChI is InChI=1S/C11H9F2NO3/c1-6-7(10(15)16-2)3-4-9(8(6)5-14)17-11(12)13/h3-4,11H,1-2H3. The molecule has 0 saturated carbocycles. The van der Waals surface area contributed by atoms with Gasteiger partial charge in [-0.25, -0.2) is 4.79 Å². The van der Waals surface area contributed by atoms with Crippen molar-refractivity contribution in [2.75, 3.05) is 7.11 Å². The zero-order valence-corrected chi connectivity index (χ0v) is 9.16. The lowest BCUT2D eigenvalue weighted by Gasteiger charge is -2.10. The van der Waals surface area contributed by atoms with E-state index in [1.807, 2.05) is 0 Å². The molecule has 1 aromatic rings. The molecule has 0 bridgehead atoms. The summed E-state index contributed by atoms with van der Waals surface area (Å²) in [5.74, 6) is -0.893. The number of rotatable bonds is 3. The zero-order valence-electron chi connectivity index (χ0n) is 9.16. The fourth-order valence-corrected chi connectivity index (χ4v) is 1.35. The van der Waals surface area contributed by atoms with Crippen LogP contribution in [0.4, 0.5) is 8.78 Å². The predicted molar refractivity (Wildman–Crippen MR) is 53.9 cm³/mol. The lowest BCUT2D eigenvalue weighted by Crippen LogP contribution is -2.08. The first kappa shape index (κ1) is 12.9. The summed E-state index contributed by atoms with van der Waals surface area (Å²) in [6, 6.07) is 4.14.